The van der Waals surface area contributed by atoms with Gasteiger partial charge in [-0.25, -0.2) is 4.98 Å². The van der Waals surface area contributed by atoms with Crippen molar-refractivity contribution in [2.45, 2.75) is 19.8 Å². The third kappa shape index (κ3) is 1.77. The highest BCUT2D eigenvalue weighted by Gasteiger charge is 2.38. The smallest absolute Gasteiger partial charge is 0.311 e. The number of aromatic nitrogens is 2. The zero-order chi connectivity index (χ0) is 11.8. The Bertz CT molecular complexity index is 402. The average molecular weight is 223 g/mol. The molecule has 5 heteroatoms. The number of rotatable bonds is 2. The molecule has 2 rings (SSSR count). The van der Waals surface area contributed by atoms with Crippen molar-refractivity contribution in [3.8, 4) is 0 Å². The van der Waals surface area contributed by atoms with Crippen LogP contribution in [0.3, 0.4) is 0 Å². The molecule has 1 fully saturated rings. The lowest BCUT2D eigenvalue weighted by Crippen LogP contribution is -2.46. The zero-order valence-corrected chi connectivity index (χ0v) is 9.68. The largest absolute Gasteiger partial charge is 0.481 e. The second kappa shape index (κ2) is 3.81. The summed E-state index contributed by atoms with van der Waals surface area (Å²) in [4.78, 5) is 17.5. The summed E-state index contributed by atoms with van der Waals surface area (Å²) in [5.41, 5.74) is -0.649. The van der Waals surface area contributed by atoms with Gasteiger partial charge in [-0.1, -0.05) is 0 Å². The van der Waals surface area contributed by atoms with E-state index in [2.05, 4.69) is 9.88 Å². The predicted molar refractivity (Wildman–Crippen MR) is 60.4 cm³/mol. The molecule has 1 unspecified atom stereocenters. The molecule has 1 aromatic heterocycles. The van der Waals surface area contributed by atoms with Gasteiger partial charge >= 0.3 is 5.97 Å². The Morgan fingerprint density at radius 3 is 2.94 bits per heavy atom. The van der Waals surface area contributed by atoms with Crippen LogP contribution in [0.15, 0.2) is 12.4 Å². The molecule has 0 spiro atoms. The van der Waals surface area contributed by atoms with Gasteiger partial charge in [0.2, 0.25) is 5.95 Å². The van der Waals surface area contributed by atoms with E-state index in [4.69, 9.17) is 0 Å². The summed E-state index contributed by atoms with van der Waals surface area (Å²) >= 11 is 0. The van der Waals surface area contributed by atoms with E-state index in [1.54, 1.807) is 6.20 Å². The lowest BCUT2D eigenvalue weighted by atomic mass is 9.82. The number of carbonyl (C=O) groups is 1. The molecular formula is C11H17N3O2. The van der Waals surface area contributed by atoms with Crippen LogP contribution in [-0.4, -0.2) is 33.7 Å². The van der Waals surface area contributed by atoms with Gasteiger partial charge in [0.25, 0.3) is 0 Å². The van der Waals surface area contributed by atoms with Crippen LogP contribution in [0.1, 0.15) is 19.8 Å². The Labute approximate surface area is 94.7 Å². The van der Waals surface area contributed by atoms with Crippen LogP contribution >= 0.6 is 0 Å². The minimum Gasteiger partial charge on any atom is -0.481 e. The summed E-state index contributed by atoms with van der Waals surface area (Å²) in [6, 6.07) is 0. The number of piperidine rings is 1. The lowest BCUT2D eigenvalue weighted by molar-refractivity contribution is -0.148. The highest BCUT2D eigenvalue weighted by molar-refractivity contribution is 5.75. The summed E-state index contributed by atoms with van der Waals surface area (Å²) < 4.78 is 1.92. The van der Waals surface area contributed by atoms with Crippen LogP contribution in [0.2, 0.25) is 0 Å². The first-order valence-electron chi connectivity index (χ1n) is 5.49. The highest BCUT2D eigenvalue weighted by Crippen LogP contribution is 2.31. The number of aliphatic carboxylic acids is 1. The van der Waals surface area contributed by atoms with E-state index in [1.165, 1.54) is 0 Å². The predicted octanol–water partition coefficient (Wildman–Crippen LogP) is 1.11. The molecule has 1 aromatic rings. The molecule has 1 saturated heterocycles. The van der Waals surface area contributed by atoms with Crippen LogP contribution in [0.4, 0.5) is 5.95 Å². The molecule has 88 valence electrons. The molecule has 0 aliphatic carbocycles. The Morgan fingerprint density at radius 2 is 2.38 bits per heavy atom. The van der Waals surface area contributed by atoms with Crippen LogP contribution in [-0.2, 0) is 11.8 Å². The maximum absolute atomic E-state index is 11.2. The number of imidazole rings is 1. The summed E-state index contributed by atoms with van der Waals surface area (Å²) in [5.74, 6) is 0.138. The van der Waals surface area contributed by atoms with Crippen molar-refractivity contribution in [1.29, 1.82) is 0 Å². The normalized spacial score (nSPS) is 25.8. The molecule has 0 aromatic carbocycles. The standard InChI is InChI=1S/C11H17N3O2/c1-11(9(15)16)4-3-6-14(8-11)10-12-5-7-13(10)2/h5,7H,3-4,6,8H2,1-2H3,(H,15,16). The molecule has 16 heavy (non-hydrogen) atoms. The first kappa shape index (κ1) is 11.0. The van der Waals surface area contributed by atoms with Gasteiger partial charge in [0.05, 0.1) is 5.41 Å². The molecule has 5 nitrogen and oxygen atoms in total. The van der Waals surface area contributed by atoms with Gasteiger partial charge in [0.15, 0.2) is 0 Å². The molecule has 0 bridgehead atoms. The van der Waals surface area contributed by atoms with Gasteiger partial charge in [0, 0.05) is 32.5 Å². The van der Waals surface area contributed by atoms with Crippen molar-refractivity contribution >= 4 is 11.9 Å². The number of carboxylic acid groups (broad SMARTS) is 1. The van der Waals surface area contributed by atoms with E-state index in [1.807, 2.05) is 24.7 Å². The van der Waals surface area contributed by atoms with Crippen LogP contribution in [0.5, 0.6) is 0 Å². The van der Waals surface area contributed by atoms with Gasteiger partial charge in [-0.2, -0.15) is 0 Å². The number of aryl methyl sites for hydroxylation is 1. The molecule has 0 amide bonds. The first-order valence-corrected chi connectivity index (χ1v) is 5.49. The van der Waals surface area contributed by atoms with E-state index in [0.717, 1.165) is 25.3 Å². The molecule has 1 atom stereocenters. The Balaban J connectivity index is 2.20. The van der Waals surface area contributed by atoms with Crippen molar-refractivity contribution in [3.05, 3.63) is 12.4 Å². The van der Waals surface area contributed by atoms with Crippen LogP contribution in [0, 0.1) is 5.41 Å². The van der Waals surface area contributed by atoms with Crippen molar-refractivity contribution in [2.24, 2.45) is 12.5 Å². The Morgan fingerprint density at radius 1 is 1.62 bits per heavy atom. The molecule has 1 N–H and O–H groups in total. The molecule has 1 aliphatic heterocycles. The summed E-state index contributed by atoms with van der Waals surface area (Å²) in [6.45, 7) is 3.23. The number of hydrogen-bond acceptors (Lipinski definition) is 3. The third-order valence-corrected chi connectivity index (χ3v) is 3.29. The zero-order valence-electron chi connectivity index (χ0n) is 9.68. The van der Waals surface area contributed by atoms with E-state index in [-0.39, 0.29) is 0 Å². The molecule has 2 heterocycles. The van der Waals surface area contributed by atoms with Gasteiger partial charge in [0.1, 0.15) is 0 Å². The molecule has 0 radical (unpaired) electrons. The number of hydrogen-bond donors (Lipinski definition) is 1. The minimum atomic E-state index is -0.716. The fourth-order valence-electron chi connectivity index (χ4n) is 2.25. The SMILES string of the molecule is Cn1ccnc1N1CCCC(C)(C(=O)O)C1. The summed E-state index contributed by atoms with van der Waals surface area (Å²) in [6.07, 6.45) is 5.25. The van der Waals surface area contributed by atoms with Gasteiger partial charge < -0.3 is 14.6 Å². The molecule has 0 saturated carbocycles. The summed E-state index contributed by atoms with van der Waals surface area (Å²) in [7, 11) is 1.93. The number of anilines is 1. The first-order chi connectivity index (χ1) is 7.53. The van der Waals surface area contributed by atoms with Crippen molar-refractivity contribution in [1.82, 2.24) is 9.55 Å². The minimum absolute atomic E-state index is 0.535. The van der Waals surface area contributed by atoms with Crippen molar-refractivity contribution in [2.75, 3.05) is 18.0 Å². The van der Waals surface area contributed by atoms with Crippen molar-refractivity contribution < 1.29 is 9.90 Å². The average Bonchev–Trinajstić information content (AvgIpc) is 2.64. The summed E-state index contributed by atoms with van der Waals surface area (Å²) in [5, 5.41) is 9.23. The lowest BCUT2D eigenvalue weighted by Gasteiger charge is -2.37. The second-order valence-corrected chi connectivity index (χ2v) is 4.73. The maximum Gasteiger partial charge on any atom is 0.311 e. The van der Waals surface area contributed by atoms with Crippen LogP contribution < -0.4 is 4.90 Å². The molecule has 1 aliphatic rings. The Hall–Kier alpha value is -1.52. The highest BCUT2D eigenvalue weighted by atomic mass is 16.4. The fraction of sp³-hybridized carbons (Fsp3) is 0.636. The van der Waals surface area contributed by atoms with E-state index < -0.39 is 11.4 Å². The van der Waals surface area contributed by atoms with Gasteiger partial charge in [-0.15, -0.1) is 0 Å². The quantitative estimate of drug-likeness (QED) is 0.816. The fourth-order valence-corrected chi connectivity index (χ4v) is 2.25. The van der Waals surface area contributed by atoms with Crippen LogP contribution in [0.25, 0.3) is 0 Å². The number of carboxylic acids is 1. The molecular weight excluding hydrogens is 206 g/mol. The van der Waals surface area contributed by atoms with Crippen molar-refractivity contribution in [3.63, 3.8) is 0 Å². The van der Waals surface area contributed by atoms with Gasteiger partial charge in [-0.05, 0) is 19.8 Å². The van der Waals surface area contributed by atoms with Gasteiger partial charge in [-0.3, -0.25) is 4.79 Å². The third-order valence-electron chi connectivity index (χ3n) is 3.29. The number of nitrogens with zero attached hydrogens (tertiary/aromatic N) is 3. The van der Waals surface area contributed by atoms with E-state index >= 15 is 0 Å². The second-order valence-electron chi connectivity index (χ2n) is 4.73. The monoisotopic (exact) mass is 223 g/mol. The topological polar surface area (TPSA) is 58.4 Å². The maximum atomic E-state index is 11.2. The van der Waals surface area contributed by atoms with E-state index in [9.17, 15) is 9.90 Å². The van der Waals surface area contributed by atoms with E-state index in [0.29, 0.717) is 6.54 Å². The Kier molecular flexibility index (Phi) is 2.61.